The van der Waals surface area contributed by atoms with Crippen LogP contribution in [0, 0.1) is 0 Å². The fourth-order valence-corrected chi connectivity index (χ4v) is 1.30. The van der Waals surface area contributed by atoms with Crippen LogP contribution in [0.25, 0.3) is 0 Å². The minimum Gasteiger partial charge on any atom is -0.459 e. The molecule has 2 atom stereocenters. The molecule has 4 nitrogen and oxygen atoms in total. The van der Waals surface area contributed by atoms with E-state index in [9.17, 15) is 4.79 Å². The molecular weight excluding hydrogens is 206 g/mol. The maximum absolute atomic E-state index is 11.5. The van der Waals surface area contributed by atoms with Gasteiger partial charge in [-0.05, 0) is 40.5 Å². The molecule has 0 aromatic rings. The topological polar surface area (TPSA) is 72.5 Å². The molecule has 0 aliphatic heterocycles. The van der Waals surface area contributed by atoms with E-state index in [2.05, 4.69) is 0 Å². The van der Waals surface area contributed by atoms with Gasteiger partial charge >= 0.3 is 5.97 Å². The van der Waals surface area contributed by atoms with Crippen LogP contribution in [0.4, 0.5) is 0 Å². The Labute approximate surface area is 98.2 Å². The zero-order valence-electron chi connectivity index (χ0n) is 10.8. The summed E-state index contributed by atoms with van der Waals surface area (Å²) >= 11 is 0. The minimum absolute atomic E-state index is 0.280. The van der Waals surface area contributed by atoms with Crippen molar-refractivity contribution < 1.29 is 14.6 Å². The van der Waals surface area contributed by atoms with Crippen molar-refractivity contribution in [3.8, 4) is 0 Å². The van der Waals surface area contributed by atoms with Crippen molar-refractivity contribution in [3.05, 3.63) is 0 Å². The van der Waals surface area contributed by atoms with Gasteiger partial charge in [0.05, 0.1) is 6.10 Å². The van der Waals surface area contributed by atoms with E-state index in [-0.39, 0.29) is 12.1 Å². The van der Waals surface area contributed by atoms with Gasteiger partial charge in [-0.2, -0.15) is 0 Å². The van der Waals surface area contributed by atoms with Crippen LogP contribution in [0.3, 0.4) is 0 Å². The molecule has 0 saturated carbocycles. The largest absolute Gasteiger partial charge is 0.459 e. The monoisotopic (exact) mass is 231 g/mol. The van der Waals surface area contributed by atoms with E-state index in [4.69, 9.17) is 15.6 Å². The maximum Gasteiger partial charge on any atom is 0.323 e. The van der Waals surface area contributed by atoms with Crippen LogP contribution in [-0.4, -0.2) is 28.8 Å². The summed E-state index contributed by atoms with van der Waals surface area (Å²) in [6.07, 6.45) is 2.81. The van der Waals surface area contributed by atoms with Crippen molar-refractivity contribution in [2.75, 3.05) is 0 Å². The normalized spacial score (nSPS) is 15.6. The van der Waals surface area contributed by atoms with Crippen molar-refractivity contribution in [1.82, 2.24) is 0 Å². The van der Waals surface area contributed by atoms with E-state index in [1.165, 1.54) is 0 Å². The quantitative estimate of drug-likeness (QED) is 0.538. The molecule has 0 saturated heterocycles. The molecule has 0 radical (unpaired) electrons. The first-order valence-electron chi connectivity index (χ1n) is 5.89. The molecule has 0 aliphatic carbocycles. The second kappa shape index (κ2) is 6.86. The van der Waals surface area contributed by atoms with Crippen LogP contribution in [-0.2, 0) is 9.53 Å². The van der Waals surface area contributed by atoms with Gasteiger partial charge in [0.1, 0.15) is 11.6 Å². The first-order chi connectivity index (χ1) is 7.22. The average molecular weight is 231 g/mol. The first kappa shape index (κ1) is 15.4. The molecule has 4 heteroatoms. The number of aliphatic hydroxyl groups is 1. The van der Waals surface area contributed by atoms with Gasteiger partial charge in [0.15, 0.2) is 0 Å². The lowest BCUT2D eigenvalue weighted by molar-refractivity contribution is -0.156. The summed E-state index contributed by atoms with van der Waals surface area (Å²) in [5.74, 6) is -0.343. The van der Waals surface area contributed by atoms with Crippen molar-refractivity contribution in [2.24, 2.45) is 5.73 Å². The maximum atomic E-state index is 11.5. The predicted octanol–water partition coefficient (Wildman–Crippen LogP) is 1.60. The minimum atomic E-state index is -0.548. The number of ether oxygens (including phenoxy) is 1. The van der Waals surface area contributed by atoms with Gasteiger partial charge in [0.2, 0.25) is 0 Å². The van der Waals surface area contributed by atoms with Gasteiger partial charge in [-0.25, -0.2) is 0 Å². The zero-order chi connectivity index (χ0) is 12.8. The molecule has 0 amide bonds. The van der Waals surface area contributed by atoms with Crippen LogP contribution in [0.1, 0.15) is 53.4 Å². The molecule has 0 aromatic heterocycles. The molecule has 0 heterocycles. The number of hydrogen-bond acceptors (Lipinski definition) is 4. The second-order valence-electron chi connectivity index (χ2n) is 5.27. The molecule has 2 unspecified atom stereocenters. The smallest absolute Gasteiger partial charge is 0.323 e. The number of unbranched alkanes of at least 4 members (excludes halogenated alkanes) is 1. The Morgan fingerprint density at radius 3 is 2.25 bits per heavy atom. The zero-order valence-corrected chi connectivity index (χ0v) is 10.8. The summed E-state index contributed by atoms with van der Waals surface area (Å²) in [5.41, 5.74) is 5.23. The summed E-state index contributed by atoms with van der Waals surface area (Å²) < 4.78 is 5.16. The van der Waals surface area contributed by atoms with E-state index >= 15 is 0 Å². The standard InChI is InChI=1S/C12H25NO3/c1-9(14)7-5-6-8-10(13)11(15)16-12(2,3)4/h9-10,14H,5-8,13H2,1-4H3. The van der Waals surface area contributed by atoms with Crippen LogP contribution in [0.15, 0.2) is 0 Å². The van der Waals surface area contributed by atoms with Crippen LogP contribution in [0.2, 0.25) is 0 Å². The number of esters is 1. The van der Waals surface area contributed by atoms with Crippen molar-refractivity contribution >= 4 is 5.97 Å². The Kier molecular flexibility index (Phi) is 6.60. The van der Waals surface area contributed by atoms with Gasteiger partial charge < -0.3 is 15.6 Å². The van der Waals surface area contributed by atoms with E-state index in [0.29, 0.717) is 6.42 Å². The molecule has 0 rings (SSSR count). The molecule has 16 heavy (non-hydrogen) atoms. The third kappa shape index (κ3) is 8.68. The summed E-state index contributed by atoms with van der Waals surface area (Å²) in [4.78, 5) is 11.5. The lowest BCUT2D eigenvalue weighted by atomic mass is 10.1. The number of hydrogen-bond donors (Lipinski definition) is 2. The third-order valence-corrected chi connectivity index (χ3v) is 2.10. The molecular formula is C12H25NO3. The van der Waals surface area contributed by atoms with Crippen LogP contribution in [0.5, 0.6) is 0 Å². The summed E-state index contributed by atoms with van der Waals surface area (Å²) in [6, 6.07) is -0.548. The summed E-state index contributed by atoms with van der Waals surface area (Å²) in [6.45, 7) is 7.23. The van der Waals surface area contributed by atoms with Crippen LogP contribution >= 0.6 is 0 Å². The second-order valence-corrected chi connectivity index (χ2v) is 5.27. The molecule has 0 aliphatic rings. The molecule has 0 bridgehead atoms. The fourth-order valence-electron chi connectivity index (χ4n) is 1.30. The van der Waals surface area contributed by atoms with Crippen molar-refractivity contribution in [1.29, 1.82) is 0 Å². The van der Waals surface area contributed by atoms with E-state index < -0.39 is 11.6 Å². The van der Waals surface area contributed by atoms with Gasteiger partial charge in [-0.15, -0.1) is 0 Å². The lowest BCUT2D eigenvalue weighted by Crippen LogP contribution is -2.37. The van der Waals surface area contributed by atoms with Gasteiger partial charge in [0, 0.05) is 0 Å². The third-order valence-electron chi connectivity index (χ3n) is 2.10. The lowest BCUT2D eigenvalue weighted by Gasteiger charge is -2.22. The highest BCUT2D eigenvalue weighted by molar-refractivity contribution is 5.75. The van der Waals surface area contributed by atoms with Gasteiger partial charge in [-0.3, -0.25) is 4.79 Å². The number of carbonyl (C=O) groups excluding carboxylic acids is 1. The predicted molar refractivity (Wildman–Crippen MR) is 64.0 cm³/mol. The average Bonchev–Trinajstić information content (AvgIpc) is 2.08. The number of aliphatic hydroxyl groups excluding tert-OH is 1. The van der Waals surface area contributed by atoms with E-state index in [1.54, 1.807) is 6.92 Å². The highest BCUT2D eigenvalue weighted by Crippen LogP contribution is 2.11. The van der Waals surface area contributed by atoms with Crippen molar-refractivity contribution in [3.63, 3.8) is 0 Å². The molecule has 0 fully saturated rings. The number of rotatable bonds is 6. The summed E-state index contributed by atoms with van der Waals surface area (Å²) in [5, 5.41) is 9.06. The highest BCUT2D eigenvalue weighted by atomic mass is 16.6. The first-order valence-corrected chi connectivity index (χ1v) is 5.89. The SMILES string of the molecule is CC(O)CCCCC(N)C(=O)OC(C)(C)C. The van der Waals surface area contributed by atoms with Gasteiger partial charge in [-0.1, -0.05) is 12.8 Å². The molecule has 96 valence electrons. The Bertz CT molecular complexity index is 209. The van der Waals surface area contributed by atoms with Crippen molar-refractivity contribution in [2.45, 2.75) is 71.1 Å². The van der Waals surface area contributed by atoms with E-state index in [0.717, 1.165) is 19.3 Å². The summed E-state index contributed by atoms with van der Waals surface area (Å²) in [7, 11) is 0. The Morgan fingerprint density at radius 2 is 1.81 bits per heavy atom. The molecule has 0 spiro atoms. The highest BCUT2D eigenvalue weighted by Gasteiger charge is 2.21. The molecule has 3 N–H and O–H groups in total. The number of nitrogens with two attached hydrogens (primary N) is 1. The Hall–Kier alpha value is -0.610. The van der Waals surface area contributed by atoms with E-state index in [1.807, 2.05) is 20.8 Å². The van der Waals surface area contributed by atoms with Crippen LogP contribution < -0.4 is 5.73 Å². The van der Waals surface area contributed by atoms with Gasteiger partial charge in [0.25, 0.3) is 0 Å². The fraction of sp³-hybridized carbons (Fsp3) is 0.917. The Balaban J connectivity index is 3.72. The molecule has 0 aromatic carbocycles. The Morgan fingerprint density at radius 1 is 1.31 bits per heavy atom. The number of carbonyl (C=O) groups is 1.